The Morgan fingerprint density at radius 2 is 2.13 bits per heavy atom. The van der Waals surface area contributed by atoms with Crippen LogP contribution in [0.4, 0.5) is 4.79 Å². The minimum Gasteiger partial charge on any atom is -0.486 e. The van der Waals surface area contributed by atoms with E-state index in [-0.39, 0.29) is 19.2 Å². The van der Waals surface area contributed by atoms with Gasteiger partial charge in [-0.05, 0) is 39.8 Å². The first kappa shape index (κ1) is 22.2. The van der Waals surface area contributed by atoms with Gasteiger partial charge in [0.2, 0.25) is 10.0 Å². The molecule has 1 aliphatic heterocycles. The van der Waals surface area contributed by atoms with Crippen molar-refractivity contribution in [3.63, 3.8) is 0 Å². The van der Waals surface area contributed by atoms with Crippen LogP contribution in [0.2, 0.25) is 0 Å². The van der Waals surface area contributed by atoms with Gasteiger partial charge in [0.1, 0.15) is 23.8 Å². The molecule has 0 saturated heterocycles. The van der Waals surface area contributed by atoms with Crippen molar-refractivity contribution < 1.29 is 27.4 Å². The zero-order valence-corrected chi connectivity index (χ0v) is 18.6. The molecule has 0 saturated carbocycles. The van der Waals surface area contributed by atoms with E-state index in [2.05, 4.69) is 15.1 Å². The van der Waals surface area contributed by atoms with Crippen LogP contribution in [0.5, 0.6) is 11.5 Å². The fourth-order valence-corrected chi connectivity index (χ4v) is 3.52. The summed E-state index contributed by atoms with van der Waals surface area (Å²) in [6, 6.07) is 3.42. The first-order valence-electron chi connectivity index (χ1n) is 9.63. The van der Waals surface area contributed by atoms with Gasteiger partial charge in [0.25, 0.3) is 0 Å². The number of fused-ring (bicyclic) bond motifs is 3. The second-order valence-corrected chi connectivity index (χ2v) is 10.2. The van der Waals surface area contributed by atoms with Crippen LogP contribution in [0.15, 0.2) is 18.3 Å². The molecule has 10 nitrogen and oxygen atoms in total. The molecule has 0 radical (unpaired) electrons. The Morgan fingerprint density at radius 1 is 1.40 bits per heavy atom. The Bertz CT molecular complexity index is 1030. The number of aromatic nitrogens is 2. The number of nitrogens with zero attached hydrogens (tertiary/aromatic N) is 2. The van der Waals surface area contributed by atoms with E-state index in [0.717, 1.165) is 17.2 Å². The van der Waals surface area contributed by atoms with Crippen molar-refractivity contribution in [1.82, 2.24) is 19.8 Å². The van der Waals surface area contributed by atoms with E-state index in [1.165, 1.54) is 0 Å². The molecule has 30 heavy (non-hydrogen) atoms. The van der Waals surface area contributed by atoms with Crippen LogP contribution in [0.25, 0.3) is 10.9 Å². The van der Waals surface area contributed by atoms with Crippen LogP contribution in [0.3, 0.4) is 0 Å². The number of carbonyl (C=O) groups excluding carboxylic acids is 1. The van der Waals surface area contributed by atoms with Gasteiger partial charge >= 0.3 is 6.09 Å². The van der Waals surface area contributed by atoms with Gasteiger partial charge in [-0.15, -0.1) is 0 Å². The average Bonchev–Trinajstić information content (AvgIpc) is 3.00. The molecule has 0 bridgehead atoms. The van der Waals surface area contributed by atoms with Crippen molar-refractivity contribution >= 4 is 27.0 Å². The number of hydrogen-bond acceptors (Lipinski definition) is 7. The van der Waals surface area contributed by atoms with Crippen LogP contribution >= 0.6 is 0 Å². The van der Waals surface area contributed by atoms with Gasteiger partial charge in [0.05, 0.1) is 25.5 Å². The molecule has 1 aliphatic rings. The lowest BCUT2D eigenvalue weighted by Gasteiger charge is -2.27. The molecule has 1 amide bonds. The molecule has 2 N–H and O–H groups in total. The maximum Gasteiger partial charge on any atom is 0.407 e. The molecule has 2 aromatic rings. The third-order valence-corrected chi connectivity index (χ3v) is 4.90. The van der Waals surface area contributed by atoms with E-state index in [0.29, 0.717) is 18.0 Å². The molecular formula is C19H28N4O6S. The quantitative estimate of drug-likeness (QED) is 0.700. The predicted molar refractivity (Wildman–Crippen MR) is 111 cm³/mol. The lowest BCUT2D eigenvalue weighted by Crippen LogP contribution is -2.41. The first-order valence-corrected chi connectivity index (χ1v) is 11.5. The molecule has 166 valence electrons. The van der Waals surface area contributed by atoms with Crippen LogP contribution in [-0.2, 0) is 21.3 Å². The number of alkyl carbamates (subject to hydrolysis) is 1. The number of nitrogens with one attached hydrogen (secondary N) is 2. The highest BCUT2D eigenvalue weighted by Gasteiger charge is 2.26. The van der Waals surface area contributed by atoms with E-state index in [4.69, 9.17) is 14.2 Å². The number of ether oxygens (including phenoxy) is 3. The molecule has 2 atom stereocenters. The summed E-state index contributed by atoms with van der Waals surface area (Å²) >= 11 is 0. The highest BCUT2D eigenvalue weighted by Crippen LogP contribution is 2.38. The van der Waals surface area contributed by atoms with E-state index >= 15 is 0 Å². The monoisotopic (exact) mass is 440 g/mol. The maximum absolute atomic E-state index is 12.0. The first-order chi connectivity index (χ1) is 13.9. The fraction of sp³-hybridized carbons (Fsp3) is 0.579. The standard InChI is InChI=1S/C19H28N4O6S/c1-12(22-18(24)29-19(2,3)4)10-23-16-13(8-20-23)6-7-15-17(16)28-14(11-27-15)9-21-30(5,25)26/h6-8,12,14,21H,9-11H2,1-5H3,(H,22,24)/t12-,14?/m0/s1. The smallest absolute Gasteiger partial charge is 0.407 e. The zero-order chi connectivity index (χ0) is 22.1. The Hall–Kier alpha value is -2.53. The molecule has 0 spiro atoms. The number of hydrogen-bond donors (Lipinski definition) is 2. The van der Waals surface area contributed by atoms with Crippen LogP contribution < -0.4 is 19.5 Å². The minimum atomic E-state index is -3.34. The summed E-state index contributed by atoms with van der Waals surface area (Å²) in [6.45, 7) is 7.97. The van der Waals surface area contributed by atoms with E-state index in [1.54, 1.807) is 37.7 Å². The van der Waals surface area contributed by atoms with Gasteiger partial charge in [-0.1, -0.05) is 0 Å². The maximum atomic E-state index is 12.0. The van der Waals surface area contributed by atoms with Crippen molar-refractivity contribution in [3.8, 4) is 11.5 Å². The van der Waals surface area contributed by atoms with Gasteiger partial charge in [0, 0.05) is 11.4 Å². The van der Waals surface area contributed by atoms with Gasteiger partial charge < -0.3 is 19.5 Å². The lowest BCUT2D eigenvalue weighted by atomic mass is 10.2. The van der Waals surface area contributed by atoms with E-state index in [9.17, 15) is 13.2 Å². The largest absolute Gasteiger partial charge is 0.486 e. The third kappa shape index (κ3) is 5.76. The van der Waals surface area contributed by atoms with Crippen molar-refractivity contribution in [2.75, 3.05) is 19.4 Å². The van der Waals surface area contributed by atoms with Gasteiger partial charge in [-0.2, -0.15) is 5.10 Å². The van der Waals surface area contributed by atoms with Crippen molar-refractivity contribution in [2.24, 2.45) is 0 Å². The molecule has 0 fully saturated rings. The van der Waals surface area contributed by atoms with Gasteiger partial charge in [0.15, 0.2) is 11.5 Å². The summed E-state index contributed by atoms with van der Waals surface area (Å²) in [7, 11) is -3.34. The molecule has 1 aromatic heterocycles. The van der Waals surface area contributed by atoms with Gasteiger partial charge in [-0.3, -0.25) is 4.68 Å². The number of rotatable bonds is 6. The zero-order valence-electron chi connectivity index (χ0n) is 17.8. The highest BCUT2D eigenvalue weighted by atomic mass is 32.2. The Balaban J connectivity index is 1.77. The Kier molecular flexibility index (Phi) is 6.14. The normalized spacial score (nSPS) is 17.6. The summed E-state index contributed by atoms with van der Waals surface area (Å²) in [5.41, 5.74) is 0.135. The summed E-state index contributed by atoms with van der Waals surface area (Å²) in [4.78, 5) is 12.0. The van der Waals surface area contributed by atoms with E-state index < -0.39 is 27.8 Å². The summed E-state index contributed by atoms with van der Waals surface area (Å²) in [5.74, 6) is 1.06. The van der Waals surface area contributed by atoms with Crippen molar-refractivity contribution in [1.29, 1.82) is 0 Å². The Labute approximate surface area is 175 Å². The van der Waals surface area contributed by atoms with Crippen LogP contribution in [0, 0.1) is 0 Å². The molecule has 1 unspecified atom stereocenters. The summed E-state index contributed by atoms with van der Waals surface area (Å²) in [5, 5.41) is 8.05. The number of benzene rings is 1. The molecule has 0 aliphatic carbocycles. The van der Waals surface area contributed by atoms with Crippen LogP contribution in [-0.4, -0.2) is 61.4 Å². The highest BCUT2D eigenvalue weighted by molar-refractivity contribution is 7.88. The third-order valence-electron chi connectivity index (χ3n) is 4.21. The summed E-state index contributed by atoms with van der Waals surface area (Å²) < 4.78 is 44.0. The van der Waals surface area contributed by atoms with Gasteiger partial charge in [-0.25, -0.2) is 17.9 Å². The molecule has 2 heterocycles. The SMILES string of the molecule is C[C@@H](Cn1ncc2ccc3c(c21)OC(CNS(C)(=O)=O)CO3)NC(=O)OC(C)(C)C. The molecular weight excluding hydrogens is 412 g/mol. The molecule has 3 rings (SSSR count). The fourth-order valence-electron chi connectivity index (χ4n) is 3.04. The number of sulfonamides is 1. The number of amides is 1. The van der Waals surface area contributed by atoms with Crippen molar-refractivity contribution in [2.45, 2.75) is 52.0 Å². The van der Waals surface area contributed by atoms with E-state index in [1.807, 2.05) is 13.0 Å². The molecule has 11 heteroatoms. The van der Waals surface area contributed by atoms with Crippen LogP contribution in [0.1, 0.15) is 27.7 Å². The second-order valence-electron chi connectivity index (χ2n) is 8.38. The predicted octanol–water partition coefficient (Wildman–Crippen LogP) is 1.64. The number of carbonyl (C=O) groups is 1. The summed E-state index contributed by atoms with van der Waals surface area (Å²) in [6.07, 6.45) is 1.83. The molecule has 1 aromatic carbocycles. The topological polar surface area (TPSA) is 121 Å². The second kappa shape index (κ2) is 8.31. The average molecular weight is 441 g/mol. The minimum absolute atomic E-state index is 0.0966. The lowest BCUT2D eigenvalue weighted by molar-refractivity contribution is 0.0503. The Morgan fingerprint density at radius 3 is 2.80 bits per heavy atom. The van der Waals surface area contributed by atoms with Crippen molar-refractivity contribution in [3.05, 3.63) is 18.3 Å².